The molecule has 0 radical (unpaired) electrons. The molecular formula is C20H25N3O. The molecule has 3 N–H and O–H groups in total. The van der Waals surface area contributed by atoms with Crippen molar-refractivity contribution in [2.75, 3.05) is 24.5 Å². The molecule has 3 rings (SSSR count). The van der Waals surface area contributed by atoms with Gasteiger partial charge in [-0.15, -0.1) is 0 Å². The molecule has 0 saturated heterocycles. The third-order valence-electron chi connectivity index (χ3n) is 4.27. The lowest BCUT2D eigenvalue weighted by molar-refractivity contribution is 0.306. The van der Waals surface area contributed by atoms with Gasteiger partial charge in [0.1, 0.15) is 12.4 Å². The monoisotopic (exact) mass is 323 g/mol. The van der Waals surface area contributed by atoms with Crippen molar-refractivity contribution in [3.63, 3.8) is 0 Å². The number of benzene rings is 2. The topological polar surface area (TPSA) is 50.5 Å². The van der Waals surface area contributed by atoms with E-state index in [1.54, 1.807) is 0 Å². The van der Waals surface area contributed by atoms with Gasteiger partial charge >= 0.3 is 0 Å². The first-order valence-electron chi connectivity index (χ1n) is 8.47. The maximum Gasteiger partial charge on any atom is 0.119 e. The Labute approximate surface area is 143 Å². The molecule has 1 aliphatic heterocycles. The van der Waals surface area contributed by atoms with Crippen LogP contribution in [0.1, 0.15) is 12.5 Å². The van der Waals surface area contributed by atoms with E-state index in [2.05, 4.69) is 47.5 Å². The minimum Gasteiger partial charge on any atom is -0.489 e. The van der Waals surface area contributed by atoms with E-state index in [9.17, 15) is 0 Å². The van der Waals surface area contributed by atoms with Gasteiger partial charge < -0.3 is 20.7 Å². The van der Waals surface area contributed by atoms with Crippen LogP contribution in [0.5, 0.6) is 5.75 Å². The van der Waals surface area contributed by atoms with Crippen molar-refractivity contribution >= 4 is 5.69 Å². The summed E-state index contributed by atoms with van der Waals surface area (Å²) in [7, 11) is 0. The predicted molar refractivity (Wildman–Crippen MR) is 98.9 cm³/mol. The van der Waals surface area contributed by atoms with Crippen molar-refractivity contribution in [3.8, 4) is 5.75 Å². The van der Waals surface area contributed by atoms with E-state index in [0.29, 0.717) is 12.5 Å². The smallest absolute Gasteiger partial charge is 0.119 e. The number of nitrogens with two attached hydrogens (primary N) is 1. The molecule has 2 aromatic carbocycles. The summed E-state index contributed by atoms with van der Waals surface area (Å²) in [4.78, 5) is 2.36. The van der Waals surface area contributed by atoms with Crippen LogP contribution in [-0.2, 0) is 6.61 Å². The van der Waals surface area contributed by atoms with Gasteiger partial charge in [0.2, 0.25) is 0 Å². The number of nitrogens with one attached hydrogen (secondary N) is 1. The van der Waals surface area contributed by atoms with E-state index in [-0.39, 0.29) is 0 Å². The second-order valence-corrected chi connectivity index (χ2v) is 6.07. The second-order valence-electron chi connectivity index (χ2n) is 6.07. The first-order valence-corrected chi connectivity index (χ1v) is 8.47. The Kier molecular flexibility index (Phi) is 5.26. The molecule has 0 aliphatic carbocycles. The van der Waals surface area contributed by atoms with Crippen LogP contribution in [-0.4, -0.2) is 19.6 Å². The Morgan fingerprint density at radius 2 is 1.88 bits per heavy atom. The van der Waals surface area contributed by atoms with Crippen LogP contribution in [0.25, 0.3) is 0 Å². The van der Waals surface area contributed by atoms with Crippen LogP contribution in [0.2, 0.25) is 0 Å². The molecule has 126 valence electrons. The normalized spacial score (nSPS) is 16.4. The van der Waals surface area contributed by atoms with Crippen molar-refractivity contribution in [2.24, 2.45) is 11.7 Å². The summed E-state index contributed by atoms with van der Waals surface area (Å²) in [6.45, 7) is 5.62. The Bertz CT molecular complexity index is 667. The molecule has 0 aromatic heterocycles. The Morgan fingerprint density at radius 3 is 2.50 bits per heavy atom. The number of rotatable bonds is 7. The highest BCUT2D eigenvalue weighted by atomic mass is 16.5. The Morgan fingerprint density at radius 1 is 1.12 bits per heavy atom. The van der Waals surface area contributed by atoms with Gasteiger partial charge in [-0.1, -0.05) is 30.3 Å². The fourth-order valence-electron chi connectivity index (χ4n) is 2.93. The highest BCUT2D eigenvalue weighted by molar-refractivity contribution is 5.49. The molecule has 0 spiro atoms. The van der Waals surface area contributed by atoms with E-state index < -0.39 is 0 Å². The zero-order valence-corrected chi connectivity index (χ0v) is 14.1. The molecule has 0 bridgehead atoms. The van der Waals surface area contributed by atoms with Gasteiger partial charge in [-0.05, 0) is 42.8 Å². The average Bonchev–Trinajstić information content (AvgIpc) is 3.04. The largest absolute Gasteiger partial charge is 0.489 e. The summed E-state index contributed by atoms with van der Waals surface area (Å²) >= 11 is 0. The first-order chi connectivity index (χ1) is 11.7. The van der Waals surface area contributed by atoms with Crippen molar-refractivity contribution in [2.45, 2.75) is 13.5 Å². The summed E-state index contributed by atoms with van der Waals surface area (Å²) < 4.78 is 5.85. The second kappa shape index (κ2) is 7.77. The maximum atomic E-state index is 5.85. The molecule has 1 atom stereocenters. The van der Waals surface area contributed by atoms with E-state index in [1.165, 1.54) is 11.3 Å². The quantitative estimate of drug-likeness (QED) is 0.822. The zero-order valence-electron chi connectivity index (χ0n) is 14.1. The Hall–Kier alpha value is -2.62. The summed E-state index contributed by atoms with van der Waals surface area (Å²) in [6, 6.07) is 18.5. The van der Waals surface area contributed by atoms with Crippen LogP contribution >= 0.6 is 0 Å². The minimum atomic E-state index is 0.457. The average molecular weight is 323 g/mol. The SMILES string of the molecule is CCN(C[C@H]1C=C(N)NC1)c1ccc(OCc2ccccc2)cc1. The van der Waals surface area contributed by atoms with Gasteiger partial charge in [0, 0.05) is 31.2 Å². The molecule has 4 nitrogen and oxygen atoms in total. The van der Waals surface area contributed by atoms with Gasteiger partial charge in [0.15, 0.2) is 0 Å². The maximum absolute atomic E-state index is 5.85. The molecule has 1 aliphatic rings. The van der Waals surface area contributed by atoms with Crippen LogP contribution < -0.4 is 20.7 Å². The molecule has 24 heavy (non-hydrogen) atoms. The highest BCUT2D eigenvalue weighted by Crippen LogP contribution is 2.22. The molecule has 2 aromatic rings. The molecule has 4 heteroatoms. The van der Waals surface area contributed by atoms with Crippen molar-refractivity contribution in [3.05, 3.63) is 72.1 Å². The third kappa shape index (κ3) is 4.22. The van der Waals surface area contributed by atoms with Crippen LogP contribution in [0.3, 0.4) is 0 Å². The summed E-state index contributed by atoms with van der Waals surface area (Å²) in [5, 5.41) is 3.18. The molecular weight excluding hydrogens is 298 g/mol. The van der Waals surface area contributed by atoms with E-state index in [0.717, 1.165) is 31.2 Å². The third-order valence-corrected chi connectivity index (χ3v) is 4.27. The minimum absolute atomic E-state index is 0.457. The molecule has 0 saturated carbocycles. The van der Waals surface area contributed by atoms with Gasteiger partial charge in [-0.3, -0.25) is 0 Å². The lowest BCUT2D eigenvalue weighted by atomic mass is 10.1. The fraction of sp³-hybridized carbons (Fsp3) is 0.300. The standard InChI is InChI=1S/C20H25N3O/c1-2-23(14-17-12-20(21)22-13-17)18-8-10-19(11-9-18)24-15-16-6-4-3-5-7-16/h3-12,17,22H,2,13-15,21H2,1H3/t17-/m0/s1. The molecule has 0 fully saturated rings. The van der Waals surface area contributed by atoms with Gasteiger partial charge in [0.05, 0.1) is 5.82 Å². The zero-order chi connectivity index (χ0) is 16.8. The Balaban J connectivity index is 1.58. The highest BCUT2D eigenvalue weighted by Gasteiger charge is 2.16. The lowest BCUT2D eigenvalue weighted by Gasteiger charge is -2.25. The van der Waals surface area contributed by atoms with E-state index in [1.807, 2.05) is 30.3 Å². The molecule has 0 amide bonds. The van der Waals surface area contributed by atoms with Crippen molar-refractivity contribution in [1.29, 1.82) is 0 Å². The summed E-state index contributed by atoms with van der Waals surface area (Å²) in [5.41, 5.74) is 8.18. The summed E-state index contributed by atoms with van der Waals surface area (Å²) in [5.74, 6) is 2.14. The number of hydrogen-bond donors (Lipinski definition) is 2. The number of ether oxygens (including phenoxy) is 1. The van der Waals surface area contributed by atoms with Gasteiger partial charge in [-0.25, -0.2) is 0 Å². The number of nitrogens with zero attached hydrogens (tertiary/aromatic N) is 1. The van der Waals surface area contributed by atoms with Crippen molar-refractivity contribution in [1.82, 2.24) is 5.32 Å². The molecule has 0 unspecified atom stereocenters. The molecule has 1 heterocycles. The van der Waals surface area contributed by atoms with Gasteiger partial charge in [-0.2, -0.15) is 0 Å². The van der Waals surface area contributed by atoms with E-state index in [4.69, 9.17) is 10.5 Å². The van der Waals surface area contributed by atoms with Crippen LogP contribution in [0.15, 0.2) is 66.5 Å². The van der Waals surface area contributed by atoms with E-state index >= 15 is 0 Å². The fourth-order valence-corrected chi connectivity index (χ4v) is 2.93. The predicted octanol–water partition coefficient (Wildman–Crippen LogP) is 3.11. The van der Waals surface area contributed by atoms with Crippen molar-refractivity contribution < 1.29 is 4.74 Å². The first kappa shape index (κ1) is 16.2. The summed E-state index contributed by atoms with van der Waals surface area (Å²) in [6.07, 6.45) is 2.11. The van der Waals surface area contributed by atoms with Gasteiger partial charge in [0.25, 0.3) is 0 Å². The van der Waals surface area contributed by atoms with Crippen LogP contribution in [0.4, 0.5) is 5.69 Å². The van der Waals surface area contributed by atoms with Crippen LogP contribution in [0, 0.1) is 5.92 Å². The number of hydrogen-bond acceptors (Lipinski definition) is 4. The number of anilines is 1. The lowest BCUT2D eigenvalue weighted by Crippen LogP contribution is -2.30.